The molecule has 1 atom stereocenters. The molecule has 5 heteroatoms. The number of nitrogens with one attached hydrogen (secondary N) is 2. The fraction of sp³-hybridized carbons (Fsp3) is 0.688. The lowest BCUT2D eigenvalue weighted by Gasteiger charge is -2.30. The van der Waals surface area contributed by atoms with Gasteiger partial charge in [-0.05, 0) is 43.8 Å². The van der Waals surface area contributed by atoms with E-state index in [0.29, 0.717) is 19.1 Å². The predicted molar refractivity (Wildman–Crippen MR) is 88.5 cm³/mol. The van der Waals surface area contributed by atoms with E-state index < -0.39 is 0 Å². The Hall–Kier alpha value is -0.910. The Morgan fingerprint density at radius 3 is 3.10 bits per heavy atom. The lowest BCUT2D eigenvalue weighted by Crippen LogP contribution is -2.46. The van der Waals surface area contributed by atoms with Gasteiger partial charge in [0.1, 0.15) is 0 Å². The van der Waals surface area contributed by atoms with E-state index >= 15 is 0 Å². The molecular formula is C16H27N3OS. The quantitative estimate of drug-likeness (QED) is 0.774. The molecule has 1 aromatic rings. The van der Waals surface area contributed by atoms with Crippen LogP contribution in [0.4, 0.5) is 0 Å². The molecule has 1 aliphatic rings. The van der Waals surface area contributed by atoms with Crippen LogP contribution in [0.5, 0.6) is 0 Å². The van der Waals surface area contributed by atoms with Crippen molar-refractivity contribution in [3.8, 4) is 0 Å². The highest BCUT2D eigenvalue weighted by Crippen LogP contribution is 2.09. The molecule has 1 aliphatic heterocycles. The van der Waals surface area contributed by atoms with Crippen molar-refractivity contribution in [2.45, 2.75) is 45.2 Å². The first-order valence-electron chi connectivity index (χ1n) is 8.02. The maximum absolute atomic E-state index is 12.1. The first-order chi connectivity index (χ1) is 10.3. The molecule has 0 saturated carbocycles. The van der Waals surface area contributed by atoms with Crippen LogP contribution in [0.15, 0.2) is 17.5 Å². The number of piperidine rings is 1. The number of rotatable bonds is 8. The van der Waals surface area contributed by atoms with Crippen molar-refractivity contribution in [2.75, 3.05) is 26.2 Å². The Morgan fingerprint density at radius 2 is 2.43 bits per heavy atom. The summed E-state index contributed by atoms with van der Waals surface area (Å²) >= 11 is 1.68. The maximum Gasteiger partial charge on any atom is 0.234 e. The lowest BCUT2D eigenvalue weighted by molar-refractivity contribution is -0.122. The van der Waals surface area contributed by atoms with Gasteiger partial charge in [0, 0.05) is 17.5 Å². The molecule has 21 heavy (non-hydrogen) atoms. The minimum Gasteiger partial charge on any atom is -0.350 e. The van der Waals surface area contributed by atoms with Crippen LogP contribution in [0.2, 0.25) is 0 Å². The minimum absolute atomic E-state index is 0.132. The number of nitrogens with zero attached hydrogens (tertiary/aromatic N) is 1. The van der Waals surface area contributed by atoms with E-state index in [-0.39, 0.29) is 5.91 Å². The summed E-state index contributed by atoms with van der Waals surface area (Å²) in [5, 5.41) is 8.63. The molecule has 2 heterocycles. The summed E-state index contributed by atoms with van der Waals surface area (Å²) in [5.41, 5.74) is 0. The van der Waals surface area contributed by atoms with Crippen molar-refractivity contribution in [2.24, 2.45) is 0 Å². The van der Waals surface area contributed by atoms with Crippen LogP contribution in [0, 0.1) is 0 Å². The third-order valence-electron chi connectivity index (χ3n) is 3.84. The van der Waals surface area contributed by atoms with Gasteiger partial charge in [-0.1, -0.05) is 19.4 Å². The highest BCUT2D eigenvalue weighted by Gasteiger charge is 2.18. The summed E-state index contributed by atoms with van der Waals surface area (Å²) in [6, 6.07) is 4.63. The summed E-state index contributed by atoms with van der Waals surface area (Å²) in [6.07, 6.45) is 4.91. The van der Waals surface area contributed by atoms with Gasteiger partial charge in [0.25, 0.3) is 0 Å². The number of carbonyl (C=O) groups excluding carboxylic acids is 1. The average Bonchev–Trinajstić information content (AvgIpc) is 3.00. The van der Waals surface area contributed by atoms with Gasteiger partial charge in [-0.3, -0.25) is 9.69 Å². The number of hydrogen-bond donors (Lipinski definition) is 2. The monoisotopic (exact) mass is 309 g/mol. The minimum atomic E-state index is 0.132. The van der Waals surface area contributed by atoms with Gasteiger partial charge < -0.3 is 10.6 Å². The van der Waals surface area contributed by atoms with Crippen molar-refractivity contribution in [1.82, 2.24) is 15.5 Å². The van der Waals surface area contributed by atoms with E-state index in [4.69, 9.17) is 0 Å². The standard InChI is InChI=1S/C16H27N3OS/c1-2-9-19(12-14-6-3-4-8-17-14)13-16(20)18-11-15-7-5-10-21-15/h5,7,10,14,17H,2-4,6,8-9,11-13H2,1H3,(H,18,20). The van der Waals surface area contributed by atoms with E-state index in [1.165, 1.54) is 24.1 Å². The fourth-order valence-electron chi connectivity index (χ4n) is 2.80. The molecular weight excluding hydrogens is 282 g/mol. The highest BCUT2D eigenvalue weighted by molar-refractivity contribution is 7.09. The Labute approximate surface area is 131 Å². The topological polar surface area (TPSA) is 44.4 Å². The molecule has 0 bridgehead atoms. The zero-order chi connectivity index (χ0) is 14.9. The zero-order valence-electron chi connectivity index (χ0n) is 12.9. The van der Waals surface area contributed by atoms with E-state index in [9.17, 15) is 4.79 Å². The van der Waals surface area contributed by atoms with Gasteiger partial charge in [0.05, 0.1) is 13.1 Å². The third-order valence-corrected chi connectivity index (χ3v) is 4.71. The van der Waals surface area contributed by atoms with Gasteiger partial charge in [-0.15, -0.1) is 11.3 Å². The second kappa shape index (κ2) is 9.18. The van der Waals surface area contributed by atoms with E-state index in [2.05, 4.69) is 28.5 Å². The van der Waals surface area contributed by atoms with Gasteiger partial charge in [0.15, 0.2) is 0 Å². The largest absolute Gasteiger partial charge is 0.350 e. The van der Waals surface area contributed by atoms with Crippen LogP contribution in [0.25, 0.3) is 0 Å². The van der Waals surface area contributed by atoms with Crippen molar-refractivity contribution >= 4 is 17.2 Å². The van der Waals surface area contributed by atoms with Crippen molar-refractivity contribution in [1.29, 1.82) is 0 Å². The van der Waals surface area contributed by atoms with Crippen molar-refractivity contribution < 1.29 is 4.79 Å². The summed E-state index contributed by atoms with van der Waals surface area (Å²) in [6.45, 7) is 6.43. The SMILES string of the molecule is CCCN(CC(=O)NCc1cccs1)CC1CCCCN1. The molecule has 0 aliphatic carbocycles. The summed E-state index contributed by atoms with van der Waals surface area (Å²) in [7, 11) is 0. The average molecular weight is 309 g/mol. The smallest absolute Gasteiger partial charge is 0.234 e. The molecule has 1 unspecified atom stereocenters. The van der Waals surface area contributed by atoms with Crippen molar-refractivity contribution in [3.63, 3.8) is 0 Å². The number of hydrogen-bond acceptors (Lipinski definition) is 4. The molecule has 0 aromatic carbocycles. The Kier molecular flexibility index (Phi) is 7.19. The Morgan fingerprint density at radius 1 is 1.52 bits per heavy atom. The molecule has 1 saturated heterocycles. The molecule has 0 radical (unpaired) electrons. The van der Waals surface area contributed by atoms with Crippen LogP contribution >= 0.6 is 11.3 Å². The molecule has 2 rings (SSSR count). The molecule has 1 amide bonds. The van der Waals surface area contributed by atoms with Gasteiger partial charge in [-0.25, -0.2) is 0 Å². The van der Waals surface area contributed by atoms with Gasteiger partial charge >= 0.3 is 0 Å². The fourth-order valence-corrected chi connectivity index (χ4v) is 3.45. The number of carbonyl (C=O) groups is 1. The maximum atomic E-state index is 12.1. The van der Waals surface area contributed by atoms with Gasteiger partial charge in [-0.2, -0.15) is 0 Å². The summed E-state index contributed by atoms with van der Waals surface area (Å²) in [4.78, 5) is 15.6. The zero-order valence-corrected chi connectivity index (χ0v) is 13.8. The van der Waals surface area contributed by atoms with E-state index in [0.717, 1.165) is 26.1 Å². The first kappa shape index (κ1) is 16.5. The summed E-state index contributed by atoms with van der Waals surface area (Å²) < 4.78 is 0. The van der Waals surface area contributed by atoms with E-state index in [1.54, 1.807) is 11.3 Å². The summed E-state index contributed by atoms with van der Waals surface area (Å²) in [5.74, 6) is 0.132. The lowest BCUT2D eigenvalue weighted by atomic mass is 10.0. The van der Waals surface area contributed by atoms with Crippen molar-refractivity contribution in [3.05, 3.63) is 22.4 Å². The number of amides is 1. The normalized spacial score (nSPS) is 18.9. The number of thiophene rings is 1. The van der Waals surface area contributed by atoms with Gasteiger partial charge in [0.2, 0.25) is 5.91 Å². The van der Waals surface area contributed by atoms with Crippen LogP contribution in [0.1, 0.15) is 37.5 Å². The Balaban J connectivity index is 1.73. The molecule has 1 fully saturated rings. The molecule has 1 aromatic heterocycles. The van der Waals surface area contributed by atoms with E-state index in [1.807, 2.05) is 11.4 Å². The molecule has 4 nitrogen and oxygen atoms in total. The predicted octanol–water partition coefficient (Wildman–Crippen LogP) is 2.22. The first-order valence-corrected chi connectivity index (χ1v) is 8.90. The van der Waals surface area contributed by atoms with Crippen LogP contribution in [0.3, 0.4) is 0 Å². The second-order valence-corrected chi connectivity index (χ2v) is 6.77. The van der Waals surface area contributed by atoms with Crippen LogP contribution < -0.4 is 10.6 Å². The van der Waals surface area contributed by atoms with Crippen LogP contribution in [-0.2, 0) is 11.3 Å². The second-order valence-electron chi connectivity index (χ2n) is 5.74. The molecule has 118 valence electrons. The molecule has 2 N–H and O–H groups in total. The third kappa shape index (κ3) is 6.16. The molecule has 0 spiro atoms. The van der Waals surface area contributed by atoms with Crippen LogP contribution in [-0.4, -0.2) is 43.0 Å². The highest BCUT2D eigenvalue weighted by atomic mass is 32.1. The Bertz CT molecular complexity index is 402.